The maximum absolute atomic E-state index is 4.06. The van der Waals surface area contributed by atoms with Crippen molar-refractivity contribution in [1.29, 1.82) is 0 Å². The molecule has 0 fully saturated rings. The summed E-state index contributed by atoms with van der Waals surface area (Å²) in [6, 6.07) is 8.35. The third-order valence-electron chi connectivity index (χ3n) is 2.38. The van der Waals surface area contributed by atoms with Gasteiger partial charge in [-0.2, -0.15) is 0 Å². The fourth-order valence-electron chi connectivity index (χ4n) is 1.72. The van der Waals surface area contributed by atoms with Crippen molar-refractivity contribution in [3.8, 4) is 11.1 Å². The number of aromatic nitrogens is 2. The van der Waals surface area contributed by atoms with Gasteiger partial charge >= 0.3 is 0 Å². The van der Waals surface area contributed by atoms with Gasteiger partial charge in [0.25, 0.3) is 0 Å². The van der Waals surface area contributed by atoms with Crippen molar-refractivity contribution in [3.05, 3.63) is 48.5 Å². The average Bonchev–Trinajstić information content (AvgIpc) is 2.30. The van der Waals surface area contributed by atoms with Crippen LogP contribution in [0.2, 0.25) is 0 Å². The summed E-state index contributed by atoms with van der Waals surface area (Å²) in [6.45, 7) is 0.922. The van der Waals surface area contributed by atoms with E-state index in [0.717, 1.165) is 12.1 Å². The van der Waals surface area contributed by atoms with Crippen LogP contribution in [0.4, 0.5) is 0 Å². The minimum absolute atomic E-state index is 0.922. The van der Waals surface area contributed by atoms with Gasteiger partial charge in [-0.05, 0) is 25.2 Å². The fraction of sp³-hybridized carbons (Fsp3) is 0.231. The van der Waals surface area contributed by atoms with Crippen LogP contribution in [-0.2, 0) is 6.54 Å². The molecule has 16 heavy (non-hydrogen) atoms. The zero-order chi connectivity index (χ0) is 11.4. The van der Waals surface area contributed by atoms with Gasteiger partial charge in [0.2, 0.25) is 0 Å². The molecule has 0 N–H and O–H groups in total. The van der Waals surface area contributed by atoms with Crippen LogP contribution in [-0.4, -0.2) is 29.0 Å². The van der Waals surface area contributed by atoms with Crippen molar-refractivity contribution in [2.75, 3.05) is 14.1 Å². The minimum Gasteiger partial charge on any atom is -0.305 e. The molecule has 0 saturated carbocycles. The number of hydrogen-bond donors (Lipinski definition) is 0. The highest BCUT2D eigenvalue weighted by molar-refractivity contribution is 5.65. The lowest BCUT2D eigenvalue weighted by Crippen LogP contribution is -2.11. The predicted molar refractivity (Wildman–Crippen MR) is 64.9 cm³/mol. The van der Waals surface area contributed by atoms with Gasteiger partial charge in [-0.25, -0.2) is 9.97 Å². The van der Waals surface area contributed by atoms with Crippen LogP contribution in [0.5, 0.6) is 0 Å². The van der Waals surface area contributed by atoms with Crippen molar-refractivity contribution in [2.24, 2.45) is 0 Å². The summed E-state index contributed by atoms with van der Waals surface area (Å²) in [6.07, 6.45) is 5.25. The van der Waals surface area contributed by atoms with E-state index in [2.05, 4.69) is 47.2 Å². The summed E-state index contributed by atoms with van der Waals surface area (Å²) in [5, 5.41) is 0. The van der Waals surface area contributed by atoms with E-state index in [1.54, 1.807) is 6.33 Å². The molecule has 0 aliphatic rings. The zero-order valence-electron chi connectivity index (χ0n) is 9.59. The molecular weight excluding hydrogens is 198 g/mol. The van der Waals surface area contributed by atoms with Crippen LogP contribution in [0, 0.1) is 0 Å². The van der Waals surface area contributed by atoms with Gasteiger partial charge in [0.15, 0.2) is 0 Å². The Balaban J connectivity index is 2.41. The number of benzene rings is 1. The van der Waals surface area contributed by atoms with Gasteiger partial charge in [0, 0.05) is 24.5 Å². The molecule has 1 aromatic heterocycles. The lowest BCUT2D eigenvalue weighted by Gasteiger charge is -2.13. The molecule has 2 aromatic rings. The molecule has 0 radical (unpaired) electrons. The quantitative estimate of drug-likeness (QED) is 0.782. The molecule has 82 valence electrons. The number of nitrogens with zero attached hydrogens (tertiary/aromatic N) is 3. The number of hydrogen-bond acceptors (Lipinski definition) is 3. The molecule has 0 aliphatic heterocycles. The first-order chi connectivity index (χ1) is 7.77. The second kappa shape index (κ2) is 4.86. The Morgan fingerprint density at radius 1 is 1.06 bits per heavy atom. The van der Waals surface area contributed by atoms with E-state index in [-0.39, 0.29) is 0 Å². The summed E-state index contributed by atoms with van der Waals surface area (Å²) >= 11 is 0. The lowest BCUT2D eigenvalue weighted by molar-refractivity contribution is 0.403. The second-order valence-electron chi connectivity index (χ2n) is 4.02. The Hall–Kier alpha value is -1.74. The molecular formula is C13H15N3. The van der Waals surface area contributed by atoms with E-state index < -0.39 is 0 Å². The van der Waals surface area contributed by atoms with Crippen LogP contribution >= 0.6 is 0 Å². The Morgan fingerprint density at radius 3 is 2.44 bits per heavy atom. The lowest BCUT2D eigenvalue weighted by atomic mass is 10.0. The zero-order valence-corrected chi connectivity index (χ0v) is 9.59. The van der Waals surface area contributed by atoms with Crippen LogP contribution in [0.3, 0.4) is 0 Å². The Labute approximate surface area is 95.8 Å². The SMILES string of the molecule is CN(C)Cc1ccccc1-c1cncnc1. The van der Waals surface area contributed by atoms with Gasteiger partial charge < -0.3 is 4.90 Å². The fourth-order valence-corrected chi connectivity index (χ4v) is 1.72. The van der Waals surface area contributed by atoms with Gasteiger partial charge in [0.05, 0.1) is 0 Å². The normalized spacial score (nSPS) is 10.7. The maximum Gasteiger partial charge on any atom is 0.115 e. The number of rotatable bonds is 3. The van der Waals surface area contributed by atoms with E-state index in [4.69, 9.17) is 0 Å². The Bertz CT molecular complexity index is 452. The molecule has 3 nitrogen and oxygen atoms in total. The highest BCUT2D eigenvalue weighted by Crippen LogP contribution is 2.22. The molecule has 3 heteroatoms. The first kappa shape index (κ1) is 10.8. The van der Waals surface area contributed by atoms with E-state index in [0.29, 0.717) is 0 Å². The van der Waals surface area contributed by atoms with Gasteiger partial charge in [-0.15, -0.1) is 0 Å². The second-order valence-corrected chi connectivity index (χ2v) is 4.02. The van der Waals surface area contributed by atoms with Crippen LogP contribution in [0.1, 0.15) is 5.56 Å². The molecule has 0 spiro atoms. The molecule has 0 atom stereocenters. The van der Waals surface area contributed by atoms with E-state index in [1.807, 2.05) is 18.5 Å². The molecule has 2 rings (SSSR count). The standard InChI is InChI=1S/C13H15N3/c1-16(2)9-11-5-3-4-6-13(11)12-7-14-10-15-8-12/h3-8,10H,9H2,1-2H3. The first-order valence-electron chi connectivity index (χ1n) is 5.25. The summed E-state index contributed by atoms with van der Waals surface area (Å²) < 4.78 is 0. The highest BCUT2D eigenvalue weighted by Gasteiger charge is 2.05. The molecule has 1 heterocycles. The highest BCUT2D eigenvalue weighted by atomic mass is 15.0. The largest absolute Gasteiger partial charge is 0.305 e. The molecule has 0 unspecified atom stereocenters. The van der Waals surface area contributed by atoms with E-state index in [9.17, 15) is 0 Å². The third kappa shape index (κ3) is 2.44. The van der Waals surface area contributed by atoms with E-state index in [1.165, 1.54) is 11.1 Å². The van der Waals surface area contributed by atoms with Crippen molar-refractivity contribution in [2.45, 2.75) is 6.54 Å². The van der Waals surface area contributed by atoms with Crippen LogP contribution in [0.25, 0.3) is 11.1 Å². The molecule has 0 aliphatic carbocycles. The molecule has 0 amide bonds. The van der Waals surface area contributed by atoms with Gasteiger partial charge in [0.1, 0.15) is 6.33 Å². The predicted octanol–water partition coefficient (Wildman–Crippen LogP) is 2.21. The van der Waals surface area contributed by atoms with Gasteiger partial charge in [-0.3, -0.25) is 0 Å². The smallest absolute Gasteiger partial charge is 0.115 e. The monoisotopic (exact) mass is 213 g/mol. The van der Waals surface area contributed by atoms with E-state index >= 15 is 0 Å². The van der Waals surface area contributed by atoms with Gasteiger partial charge in [-0.1, -0.05) is 24.3 Å². The van der Waals surface area contributed by atoms with Crippen molar-refractivity contribution in [1.82, 2.24) is 14.9 Å². The van der Waals surface area contributed by atoms with Crippen molar-refractivity contribution < 1.29 is 0 Å². The van der Waals surface area contributed by atoms with Crippen molar-refractivity contribution >= 4 is 0 Å². The summed E-state index contributed by atoms with van der Waals surface area (Å²) in [4.78, 5) is 10.3. The Kier molecular flexibility index (Phi) is 3.27. The maximum atomic E-state index is 4.06. The molecule has 0 saturated heterocycles. The summed E-state index contributed by atoms with van der Waals surface area (Å²) in [7, 11) is 4.14. The summed E-state index contributed by atoms with van der Waals surface area (Å²) in [5.74, 6) is 0. The Morgan fingerprint density at radius 2 is 1.75 bits per heavy atom. The van der Waals surface area contributed by atoms with Crippen molar-refractivity contribution in [3.63, 3.8) is 0 Å². The first-order valence-corrected chi connectivity index (χ1v) is 5.25. The molecule has 0 bridgehead atoms. The minimum atomic E-state index is 0.922. The molecule has 1 aromatic carbocycles. The average molecular weight is 213 g/mol. The topological polar surface area (TPSA) is 29.0 Å². The van der Waals surface area contributed by atoms with Crippen LogP contribution < -0.4 is 0 Å². The van der Waals surface area contributed by atoms with Crippen LogP contribution in [0.15, 0.2) is 43.0 Å². The summed E-state index contributed by atoms with van der Waals surface area (Å²) in [5.41, 5.74) is 3.57. The third-order valence-corrected chi connectivity index (χ3v) is 2.38.